The van der Waals surface area contributed by atoms with Gasteiger partial charge in [-0.1, -0.05) is 19.3 Å². The van der Waals surface area contributed by atoms with E-state index >= 15 is 0 Å². The third-order valence-electron chi connectivity index (χ3n) is 2.23. The van der Waals surface area contributed by atoms with Gasteiger partial charge in [0.1, 0.15) is 0 Å². The molecule has 2 unspecified atom stereocenters. The fourth-order valence-electron chi connectivity index (χ4n) is 1.58. The summed E-state index contributed by atoms with van der Waals surface area (Å²) in [5.41, 5.74) is 0. The maximum absolute atomic E-state index is 10.2. The number of hydrogen-bond acceptors (Lipinski definition) is 3. The number of aliphatic hydroxyl groups is 1. The van der Waals surface area contributed by atoms with Gasteiger partial charge < -0.3 is 5.11 Å². The second-order valence-corrected chi connectivity index (χ2v) is 3.73. The number of aliphatic hydroxyl groups excluding tert-OH is 1. The minimum atomic E-state index is -2.35. The van der Waals surface area contributed by atoms with Crippen LogP contribution >= 0.6 is 0 Å². The SMILES string of the molecule is O=S(O)OC(O)C1CCCCC1. The fraction of sp³-hybridized carbons (Fsp3) is 1.00. The van der Waals surface area contributed by atoms with Crippen molar-refractivity contribution in [2.75, 3.05) is 0 Å². The van der Waals surface area contributed by atoms with Crippen LogP contribution in [0.2, 0.25) is 0 Å². The van der Waals surface area contributed by atoms with Crippen LogP contribution in [-0.2, 0) is 15.5 Å². The van der Waals surface area contributed by atoms with Crippen molar-refractivity contribution in [2.45, 2.75) is 38.4 Å². The third-order valence-corrected chi connectivity index (χ3v) is 2.60. The van der Waals surface area contributed by atoms with E-state index in [0.29, 0.717) is 0 Å². The Morgan fingerprint density at radius 2 is 1.92 bits per heavy atom. The Hall–Kier alpha value is 0.0300. The van der Waals surface area contributed by atoms with Crippen LogP contribution in [0.25, 0.3) is 0 Å². The molecular formula is C7H14O4S. The lowest BCUT2D eigenvalue weighted by molar-refractivity contribution is -0.0686. The lowest BCUT2D eigenvalue weighted by atomic mass is 9.89. The van der Waals surface area contributed by atoms with Crippen molar-refractivity contribution in [3.8, 4) is 0 Å². The van der Waals surface area contributed by atoms with E-state index in [1.54, 1.807) is 0 Å². The molecule has 0 amide bonds. The average Bonchev–Trinajstić information content (AvgIpc) is 2.05. The predicted molar refractivity (Wildman–Crippen MR) is 44.4 cm³/mol. The molecule has 0 saturated heterocycles. The van der Waals surface area contributed by atoms with Crippen LogP contribution in [0.3, 0.4) is 0 Å². The molecular weight excluding hydrogens is 180 g/mol. The van der Waals surface area contributed by atoms with Crippen LogP contribution in [0.15, 0.2) is 0 Å². The molecule has 0 aromatic carbocycles. The molecule has 4 nitrogen and oxygen atoms in total. The lowest BCUT2D eigenvalue weighted by Crippen LogP contribution is -2.26. The molecule has 2 N–H and O–H groups in total. The molecule has 0 aliphatic heterocycles. The van der Waals surface area contributed by atoms with Gasteiger partial charge in [0.2, 0.25) is 0 Å². The Labute approximate surface area is 74.4 Å². The Balaban J connectivity index is 2.29. The third kappa shape index (κ3) is 3.18. The molecule has 0 radical (unpaired) electrons. The Morgan fingerprint density at radius 3 is 2.42 bits per heavy atom. The zero-order valence-electron chi connectivity index (χ0n) is 6.81. The van der Waals surface area contributed by atoms with Crippen LogP contribution in [0.5, 0.6) is 0 Å². The summed E-state index contributed by atoms with van der Waals surface area (Å²) in [5, 5.41) is 9.27. The largest absolute Gasteiger partial charge is 0.367 e. The summed E-state index contributed by atoms with van der Waals surface area (Å²) in [6.45, 7) is 0. The minimum Gasteiger partial charge on any atom is -0.367 e. The summed E-state index contributed by atoms with van der Waals surface area (Å²) in [4.78, 5) is 0. The molecule has 0 aromatic heterocycles. The first-order chi connectivity index (χ1) is 5.70. The van der Waals surface area contributed by atoms with Crippen LogP contribution < -0.4 is 0 Å². The second kappa shape index (κ2) is 4.91. The molecule has 12 heavy (non-hydrogen) atoms. The molecule has 0 spiro atoms. The van der Waals surface area contributed by atoms with Gasteiger partial charge in [-0.15, -0.1) is 0 Å². The van der Waals surface area contributed by atoms with Crippen molar-refractivity contribution >= 4 is 11.4 Å². The first-order valence-electron chi connectivity index (χ1n) is 4.16. The van der Waals surface area contributed by atoms with Crippen molar-refractivity contribution < 1.29 is 18.1 Å². The Morgan fingerprint density at radius 1 is 1.33 bits per heavy atom. The van der Waals surface area contributed by atoms with Crippen molar-refractivity contribution in [1.82, 2.24) is 0 Å². The van der Waals surface area contributed by atoms with E-state index in [4.69, 9.17) is 4.55 Å². The molecule has 1 aliphatic carbocycles. The minimum absolute atomic E-state index is 0.0369. The van der Waals surface area contributed by atoms with Gasteiger partial charge >= 0.3 is 11.4 Å². The summed E-state index contributed by atoms with van der Waals surface area (Å²) < 4.78 is 22.9. The van der Waals surface area contributed by atoms with Gasteiger partial charge in [0.15, 0.2) is 6.29 Å². The van der Waals surface area contributed by atoms with Gasteiger partial charge in [-0.05, 0) is 12.8 Å². The molecule has 0 heterocycles. The van der Waals surface area contributed by atoms with E-state index in [1.165, 1.54) is 6.42 Å². The highest BCUT2D eigenvalue weighted by Gasteiger charge is 2.23. The fourth-order valence-corrected chi connectivity index (χ4v) is 1.91. The first kappa shape index (κ1) is 10.1. The molecule has 2 atom stereocenters. The zero-order valence-corrected chi connectivity index (χ0v) is 7.63. The predicted octanol–water partition coefficient (Wildman–Crippen LogP) is 1.04. The second-order valence-electron chi connectivity index (χ2n) is 3.10. The molecule has 1 saturated carbocycles. The Kier molecular flexibility index (Phi) is 4.14. The van der Waals surface area contributed by atoms with Crippen molar-refractivity contribution in [2.24, 2.45) is 5.92 Å². The first-order valence-corrected chi connectivity index (χ1v) is 5.19. The number of hydrogen-bond donors (Lipinski definition) is 2. The number of rotatable bonds is 3. The van der Waals surface area contributed by atoms with E-state index in [1.807, 2.05) is 0 Å². The molecule has 1 fully saturated rings. The van der Waals surface area contributed by atoms with Crippen molar-refractivity contribution in [3.05, 3.63) is 0 Å². The normalized spacial score (nSPS) is 25.2. The summed E-state index contributed by atoms with van der Waals surface area (Å²) in [6, 6.07) is 0. The highest BCUT2D eigenvalue weighted by Crippen LogP contribution is 2.26. The highest BCUT2D eigenvalue weighted by molar-refractivity contribution is 7.74. The van der Waals surface area contributed by atoms with Gasteiger partial charge in [-0.2, -0.15) is 4.21 Å². The van der Waals surface area contributed by atoms with E-state index in [-0.39, 0.29) is 5.92 Å². The van der Waals surface area contributed by atoms with Gasteiger partial charge in [0.25, 0.3) is 0 Å². The standard InChI is InChI=1S/C7H14O4S/c8-7(11-12(9)10)6-4-2-1-3-5-6/h6-8H,1-5H2,(H,9,10). The van der Waals surface area contributed by atoms with Crippen LogP contribution in [0.4, 0.5) is 0 Å². The average molecular weight is 194 g/mol. The summed E-state index contributed by atoms with van der Waals surface area (Å²) in [5.74, 6) is 0.0369. The van der Waals surface area contributed by atoms with Crippen molar-refractivity contribution in [1.29, 1.82) is 0 Å². The van der Waals surface area contributed by atoms with Crippen LogP contribution in [0.1, 0.15) is 32.1 Å². The van der Waals surface area contributed by atoms with Gasteiger partial charge in [0.05, 0.1) is 0 Å². The van der Waals surface area contributed by atoms with Crippen LogP contribution in [0, 0.1) is 5.92 Å². The summed E-state index contributed by atoms with van der Waals surface area (Å²) >= 11 is -2.35. The molecule has 0 aromatic rings. The maximum atomic E-state index is 10.2. The van der Waals surface area contributed by atoms with E-state index in [9.17, 15) is 9.32 Å². The van der Waals surface area contributed by atoms with E-state index < -0.39 is 17.7 Å². The maximum Gasteiger partial charge on any atom is 0.304 e. The van der Waals surface area contributed by atoms with Crippen LogP contribution in [-0.4, -0.2) is 20.2 Å². The summed E-state index contributed by atoms with van der Waals surface area (Å²) in [6.07, 6.45) is 4.03. The molecule has 72 valence electrons. The van der Waals surface area contributed by atoms with E-state index in [2.05, 4.69) is 4.18 Å². The van der Waals surface area contributed by atoms with Gasteiger partial charge in [0, 0.05) is 5.92 Å². The summed E-state index contributed by atoms with van der Waals surface area (Å²) in [7, 11) is 0. The smallest absolute Gasteiger partial charge is 0.304 e. The quantitative estimate of drug-likeness (QED) is 0.520. The van der Waals surface area contributed by atoms with Gasteiger partial charge in [-0.3, -0.25) is 4.55 Å². The Bertz CT molecular complexity index is 155. The zero-order chi connectivity index (χ0) is 8.97. The molecule has 5 heteroatoms. The topological polar surface area (TPSA) is 66.8 Å². The monoisotopic (exact) mass is 194 g/mol. The van der Waals surface area contributed by atoms with E-state index in [0.717, 1.165) is 25.7 Å². The molecule has 0 bridgehead atoms. The highest BCUT2D eigenvalue weighted by atomic mass is 32.2. The molecule has 1 rings (SSSR count). The lowest BCUT2D eigenvalue weighted by Gasteiger charge is -2.24. The van der Waals surface area contributed by atoms with Crippen molar-refractivity contribution in [3.63, 3.8) is 0 Å². The molecule has 1 aliphatic rings. The van der Waals surface area contributed by atoms with Gasteiger partial charge in [-0.25, -0.2) is 4.18 Å².